The van der Waals surface area contributed by atoms with Gasteiger partial charge in [-0.2, -0.15) is 0 Å². The fourth-order valence-electron chi connectivity index (χ4n) is 2.81. The molecule has 1 aliphatic rings. The fourth-order valence-corrected chi connectivity index (χ4v) is 2.81. The zero-order chi connectivity index (χ0) is 17.5. The predicted octanol–water partition coefficient (Wildman–Crippen LogP) is 1.15. The highest BCUT2D eigenvalue weighted by atomic mass is 16.5. The van der Waals surface area contributed by atoms with E-state index in [-0.39, 0.29) is 17.9 Å². The van der Waals surface area contributed by atoms with Crippen molar-refractivity contribution >= 4 is 11.9 Å². The summed E-state index contributed by atoms with van der Waals surface area (Å²) in [5, 5.41) is 2.88. The van der Waals surface area contributed by atoms with E-state index in [1.165, 1.54) is 0 Å². The Hall–Kier alpha value is -2.44. The monoisotopic (exact) mass is 335 g/mol. The normalized spacial score (nSPS) is 16.8. The first-order valence-corrected chi connectivity index (χ1v) is 8.08. The molecule has 1 fully saturated rings. The van der Waals surface area contributed by atoms with Gasteiger partial charge in [0.2, 0.25) is 5.91 Å². The van der Waals surface area contributed by atoms with Crippen molar-refractivity contribution in [1.29, 1.82) is 0 Å². The molecule has 1 saturated heterocycles. The molecule has 3 amide bonds. The minimum atomic E-state index is -0.334. The summed E-state index contributed by atoms with van der Waals surface area (Å²) in [5.41, 5.74) is 6.40. The molecule has 0 bridgehead atoms. The van der Waals surface area contributed by atoms with Crippen LogP contribution in [-0.2, 0) is 11.2 Å². The second kappa shape index (κ2) is 8.42. The molecule has 7 heteroatoms. The molecule has 1 aromatic carbocycles. The Kier molecular flexibility index (Phi) is 6.28. The summed E-state index contributed by atoms with van der Waals surface area (Å²) in [6, 6.07) is 5.67. The van der Waals surface area contributed by atoms with Crippen molar-refractivity contribution in [2.45, 2.75) is 19.3 Å². The quantitative estimate of drug-likeness (QED) is 0.731. The molecular weight excluding hydrogens is 310 g/mol. The van der Waals surface area contributed by atoms with E-state index in [9.17, 15) is 9.59 Å². The van der Waals surface area contributed by atoms with Gasteiger partial charge in [-0.3, -0.25) is 4.79 Å². The standard InChI is InChI=1S/C17H25N3O4/c1-23-14-6-5-12(10-15(14)24-2)4-3-8-19-17(22)20-9-7-13(11-20)16(18)21/h5-6,10,13H,3-4,7-9,11H2,1-2H3,(H2,18,21)(H,19,22)/t13-/m1/s1. The number of urea groups is 1. The minimum Gasteiger partial charge on any atom is -0.493 e. The van der Waals surface area contributed by atoms with Gasteiger partial charge in [0.25, 0.3) is 0 Å². The molecule has 1 aliphatic heterocycles. The van der Waals surface area contributed by atoms with E-state index in [1.807, 2.05) is 18.2 Å². The van der Waals surface area contributed by atoms with Gasteiger partial charge in [-0.05, 0) is 37.0 Å². The Balaban J connectivity index is 1.73. The molecule has 1 heterocycles. The maximum Gasteiger partial charge on any atom is 0.317 e. The fraction of sp³-hybridized carbons (Fsp3) is 0.529. The number of carbonyl (C=O) groups excluding carboxylic acids is 2. The summed E-state index contributed by atoms with van der Waals surface area (Å²) in [4.78, 5) is 24.8. The van der Waals surface area contributed by atoms with E-state index in [2.05, 4.69) is 5.32 Å². The Morgan fingerprint density at radius 2 is 2.04 bits per heavy atom. The first-order chi connectivity index (χ1) is 11.5. The third kappa shape index (κ3) is 4.53. The van der Waals surface area contributed by atoms with Crippen molar-refractivity contribution in [3.8, 4) is 11.5 Å². The van der Waals surface area contributed by atoms with Gasteiger partial charge in [0, 0.05) is 19.6 Å². The first kappa shape index (κ1) is 17.9. The van der Waals surface area contributed by atoms with Crippen LogP contribution < -0.4 is 20.5 Å². The van der Waals surface area contributed by atoms with Gasteiger partial charge in [0.1, 0.15) is 0 Å². The van der Waals surface area contributed by atoms with E-state index < -0.39 is 0 Å². The van der Waals surface area contributed by atoms with Crippen LogP contribution in [0.1, 0.15) is 18.4 Å². The average molecular weight is 335 g/mol. The second-order valence-corrected chi connectivity index (χ2v) is 5.86. The average Bonchev–Trinajstić information content (AvgIpc) is 3.08. The number of hydrogen-bond acceptors (Lipinski definition) is 4. The SMILES string of the molecule is COc1ccc(CCCNC(=O)N2CC[C@@H](C(N)=O)C2)cc1OC. The molecule has 24 heavy (non-hydrogen) atoms. The molecular formula is C17H25N3O4. The second-order valence-electron chi connectivity index (χ2n) is 5.86. The van der Waals surface area contributed by atoms with Crippen molar-refractivity contribution in [3.05, 3.63) is 23.8 Å². The summed E-state index contributed by atoms with van der Waals surface area (Å²) in [6.45, 7) is 1.57. The minimum absolute atomic E-state index is 0.133. The lowest BCUT2D eigenvalue weighted by Crippen LogP contribution is -2.39. The number of rotatable bonds is 7. The maximum atomic E-state index is 12.0. The number of hydrogen-bond donors (Lipinski definition) is 2. The molecule has 1 aromatic rings. The first-order valence-electron chi connectivity index (χ1n) is 8.08. The Morgan fingerprint density at radius 1 is 1.29 bits per heavy atom. The lowest BCUT2D eigenvalue weighted by Gasteiger charge is -2.17. The van der Waals surface area contributed by atoms with Crippen LogP contribution >= 0.6 is 0 Å². The van der Waals surface area contributed by atoms with E-state index in [0.29, 0.717) is 37.6 Å². The predicted molar refractivity (Wildman–Crippen MR) is 90.1 cm³/mol. The molecule has 7 nitrogen and oxygen atoms in total. The van der Waals surface area contributed by atoms with Gasteiger partial charge in [0.15, 0.2) is 11.5 Å². The van der Waals surface area contributed by atoms with Gasteiger partial charge in [0.05, 0.1) is 20.1 Å². The number of nitrogens with two attached hydrogens (primary N) is 1. The molecule has 0 aromatic heterocycles. The van der Waals surface area contributed by atoms with Crippen molar-refractivity contribution in [3.63, 3.8) is 0 Å². The van der Waals surface area contributed by atoms with Crippen molar-refractivity contribution < 1.29 is 19.1 Å². The lowest BCUT2D eigenvalue weighted by atomic mass is 10.1. The van der Waals surface area contributed by atoms with Gasteiger partial charge in [-0.15, -0.1) is 0 Å². The van der Waals surface area contributed by atoms with Crippen LogP contribution in [0, 0.1) is 5.92 Å². The Labute approximate surface area is 142 Å². The molecule has 0 spiro atoms. The number of carbonyl (C=O) groups is 2. The van der Waals surface area contributed by atoms with Crippen LogP contribution in [0.4, 0.5) is 4.79 Å². The Morgan fingerprint density at radius 3 is 2.67 bits per heavy atom. The zero-order valence-corrected chi connectivity index (χ0v) is 14.2. The third-order valence-electron chi connectivity index (χ3n) is 4.24. The van der Waals surface area contributed by atoms with Gasteiger partial charge >= 0.3 is 6.03 Å². The number of nitrogens with zero attached hydrogens (tertiary/aromatic N) is 1. The summed E-state index contributed by atoms with van der Waals surface area (Å²) in [5.74, 6) is 0.849. The van der Waals surface area contributed by atoms with Crippen LogP contribution in [0.15, 0.2) is 18.2 Å². The van der Waals surface area contributed by atoms with E-state index in [0.717, 1.165) is 18.4 Å². The number of likely N-dealkylation sites (tertiary alicyclic amines) is 1. The number of primary amides is 1. The highest BCUT2D eigenvalue weighted by Crippen LogP contribution is 2.27. The topological polar surface area (TPSA) is 93.9 Å². The van der Waals surface area contributed by atoms with E-state index in [4.69, 9.17) is 15.2 Å². The summed E-state index contributed by atoms with van der Waals surface area (Å²) in [6.07, 6.45) is 2.28. The van der Waals surface area contributed by atoms with Crippen molar-refractivity contribution in [2.75, 3.05) is 33.9 Å². The van der Waals surface area contributed by atoms with E-state index in [1.54, 1.807) is 19.1 Å². The number of methoxy groups -OCH3 is 2. The summed E-state index contributed by atoms with van der Waals surface area (Å²) in [7, 11) is 3.21. The molecule has 3 N–H and O–H groups in total. The molecule has 0 aliphatic carbocycles. The number of benzene rings is 1. The molecule has 2 rings (SSSR count). The molecule has 0 saturated carbocycles. The number of aryl methyl sites for hydroxylation is 1. The van der Waals surface area contributed by atoms with Crippen LogP contribution in [0.2, 0.25) is 0 Å². The summed E-state index contributed by atoms with van der Waals surface area (Å²) < 4.78 is 10.5. The highest BCUT2D eigenvalue weighted by Gasteiger charge is 2.29. The number of amides is 3. The smallest absolute Gasteiger partial charge is 0.317 e. The van der Waals surface area contributed by atoms with Crippen LogP contribution in [-0.4, -0.2) is 50.7 Å². The highest BCUT2D eigenvalue weighted by molar-refractivity contribution is 5.80. The van der Waals surface area contributed by atoms with Crippen LogP contribution in [0.25, 0.3) is 0 Å². The maximum absolute atomic E-state index is 12.0. The largest absolute Gasteiger partial charge is 0.493 e. The zero-order valence-electron chi connectivity index (χ0n) is 14.2. The third-order valence-corrected chi connectivity index (χ3v) is 4.24. The summed E-state index contributed by atoms with van der Waals surface area (Å²) >= 11 is 0. The van der Waals surface area contributed by atoms with E-state index >= 15 is 0 Å². The van der Waals surface area contributed by atoms with Crippen molar-refractivity contribution in [1.82, 2.24) is 10.2 Å². The van der Waals surface area contributed by atoms with Crippen molar-refractivity contribution in [2.24, 2.45) is 11.7 Å². The number of ether oxygens (including phenoxy) is 2. The van der Waals surface area contributed by atoms with Crippen LogP contribution in [0.5, 0.6) is 11.5 Å². The molecule has 0 radical (unpaired) electrons. The molecule has 132 valence electrons. The van der Waals surface area contributed by atoms with Gasteiger partial charge in [-0.1, -0.05) is 6.07 Å². The lowest BCUT2D eigenvalue weighted by molar-refractivity contribution is -0.121. The number of nitrogens with one attached hydrogen (secondary N) is 1. The Bertz CT molecular complexity index is 591. The molecule has 1 atom stereocenters. The molecule has 0 unspecified atom stereocenters. The van der Waals surface area contributed by atoms with Gasteiger partial charge < -0.3 is 25.4 Å². The van der Waals surface area contributed by atoms with Gasteiger partial charge in [-0.25, -0.2) is 4.79 Å². The van der Waals surface area contributed by atoms with Crippen LogP contribution in [0.3, 0.4) is 0 Å².